The fourth-order valence-electron chi connectivity index (χ4n) is 1.40. The molecule has 2 N–H and O–H groups in total. The van der Waals surface area contributed by atoms with Crippen LogP contribution in [0.4, 0.5) is 0 Å². The summed E-state index contributed by atoms with van der Waals surface area (Å²) in [5.41, 5.74) is 0. The lowest BCUT2D eigenvalue weighted by Crippen LogP contribution is -2.53. The first-order valence-electron chi connectivity index (χ1n) is 4.35. The number of rotatable bonds is 2. The Morgan fingerprint density at radius 3 is 2.62 bits per heavy atom. The van der Waals surface area contributed by atoms with E-state index < -0.39 is 22.8 Å². The lowest BCUT2D eigenvalue weighted by atomic mass is 10.1. The van der Waals surface area contributed by atoms with Gasteiger partial charge < -0.3 is 10.4 Å². The molecular weight excluding hydrogens is 190 g/mol. The van der Waals surface area contributed by atoms with E-state index in [1.54, 1.807) is 0 Å². The molecule has 13 heavy (non-hydrogen) atoms. The van der Waals surface area contributed by atoms with Gasteiger partial charge in [0, 0.05) is 28.3 Å². The van der Waals surface area contributed by atoms with Gasteiger partial charge in [-0.2, -0.15) is 0 Å². The molecular formula is C8H15NO3S. The van der Waals surface area contributed by atoms with E-state index >= 15 is 0 Å². The van der Waals surface area contributed by atoms with Crippen LogP contribution in [0.1, 0.15) is 13.8 Å². The minimum atomic E-state index is -1.00. The van der Waals surface area contributed by atoms with Crippen molar-refractivity contribution in [1.29, 1.82) is 0 Å². The topological polar surface area (TPSA) is 66.4 Å². The van der Waals surface area contributed by atoms with Crippen molar-refractivity contribution in [2.45, 2.75) is 25.1 Å². The van der Waals surface area contributed by atoms with E-state index in [0.717, 1.165) is 0 Å². The molecule has 1 saturated heterocycles. The number of hydrogen-bond donors (Lipinski definition) is 2. The van der Waals surface area contributed by atoms with Crippen LogP contribution in [0.15, 0.2) is 0 Å². The Morgan fingerprint density at radius 2 is 2.23 bits per heavy atom. The molecule has 3 atom stereocenters. The van der Waals surface area contributed by atoms with Crippen molar-refractivity contribution in [2.24, 2.45) is 5.92 Å². The van der Waals surface area contributed by atoms with Gasteiger partial charge in [0.1, 0.15) is 6.04 Å². The predicted octanol–water partition coefficient (Wildman–Crippen LogP) is -0.184. The minimum absolute atomic E-state index is 0.0931. The second-order valence-electron chi connectivity index (χ2n) is 3.63. The summed E-state index contributed by atoms with van der Waals surface area (Å²) < 4.78 is 11.6. The molecule has 76 valence electrons. The highest BCUT2D eigenvalue weighted by atomic mass is 32.2. The molecule has 0 saturated carbocycles. The van der Waals surface area contributed by atoms with E-state index in [1.165, 1.54) is 0 Å². The molecule has 0 aromatic carbocycles. The normalized spacial score (nSPS) is 34.8. The summed E-state index contributed by atoms with van der Waals surface area (Å²) in [6.07, 6.45) is 0. The van der Waals surface area contributed by atoms with Crippen LogP contribution in [-0.4, -0.2) is 38.9 Å². The predicted molar refractivity (Wildman–Crippen MR) is 51.1 cm³/mol. The first kappa shape index (κ1) is 10.7. The van der Waals surface area contributed by atoms with Crippen LogP contribution in [0, 0.1) is 5.92 Å². The number of carbonyl (C=O) groups is 1. The van der Waals surface area contributed by atoms with Crippen molar-refractivity contribution >= 4 is 16.8 Å². The lowest BCUT2D eigenvalue weighted by Gasteiger charge is -2.29. The van der Waals surface area contributed by atoms with Gasteiger partial charge in [0.25, 0.3) is 0 Å². The smallest absolute Gasteiger partial charge is 0.321 e. The van der Waals surface area contributed by atoms with Gasteiger partial charge in [-0.3, -0.25) is 9.00 Å². The first-order valence-corrected chi connectivity index (χ1v) is 5.74. The van der Waals surface area contributed by atoms with Crippen LogP contribution in [0.2, 0.25) is 0 Å². The standard InChI is InChI=1S/C8H15NO3S/c1-5(2)7-3-9-6(8(10)11)4-13(7)12/h5-7,9H,3-4H2,1-2H3,(H,10,11). The van der Waals surface area contributed by atoms with Crippen LogP contribution < -0.4 is 5.32 Å². The van der Waals surface area contributed by atoms with Gasteiger partial charge in [0.2, 0.25) is 0 Å². The largest absolute Gasteiger partial charge is 0.480 e. The Balaban J connectivity index is 2.57. The Morgan fingerprint density at radius 1 is 1.62 bits per heavy atom. The summed E-state index contributed by atoms with van der Waals surface area (Å²) >= 11 is 0. The molecule has 0 spiro atoms. The third kappa shape index (κ3) is 2.51. The van der Waals surface area contributed by atoms with Gasteiger partial charge in [-0.1, -0.05) is 13.8 Å². The van der Waals surface area contributed by atoms with E-state index in [2.05, 4.69) is 5.32 Å². The van der Waals surface area contributed by atoms with Crippen molar-refractivity contribution < 1.29 is 14.1 Å². The zero-order valence-corrected chi connectivity index (χ0v) is 8.63. The van der Waals surface area contributed by atoms with Crippen LogP contribution in [0.5, 0.6) is 0 Å². The molecule has 5 heteroatoms. The average Bonchev–Trinajstić information content (AvgIpc) is 2.03. The number of aliphatic carboxylic acids is 1. The molecule has 1 rings (SSSR count). The molecule has 0 aromatic rings. The highest BCUT2D eigenvalue weighted by Gasteiger charge is 2.32. The molecule has 0 aromatic heterocycles. The number of carboxylic acid groups (broad SMARTS) is 1. The maximum Gasteiger partial charge on any atom is 0.321 e. The maximum atomic E-state index is 11.6. The lowest BCUT2D eigenvalue weighted by molar-refractivity contribution is -0.138. The molecule has 4 nitrogen and oxygen atoms in total. The van der Waals surface area contributed by atoms with E-state index in [4.69, 9.17) is 5.11 Å². The van der Waals surface area contributed by atoms with Crippen LogP contribution in [-0.2, 0) is 15.6 Å². The molecule has 1 aliphatic rings. The second kappa shape index (κ2) is 4.19. The van der Waals surface area contributed by atoms with Crippen molar-refractivity contribution in [3.05, 3.63) is 0 Å². The number of hydrogen-bond acceptors (Lipinski definition) is 3. The van der Waals surface area contributed by atoms with Crippen molar-refractivity contribution in [3.8, 4) is 0 Å². The molecule has 1 heterocycles. The fourth-order valence-corrected chi connectivity index (χ4v) is 3.12. The molecule has 0 amide bonds. The van der Waals surface area contributed by atoms with Gasteiger partial charge in [-0.05, 0) is 5.92 Å². The van der Waals surface area contributed by atoms with Gasteiger partial charge in [-0.15, -0.1) is 0 Å². The fraction of sp³-hybridized carbons (Fsp3) is 0.875. The Hall–Kier alpha value is -0.420. The molecule has 0 radical (unpaired) electrons. The molecule has 3 unspecified atom stereocenters. The number of carboxylic acids is 1. The zero-order chi connectivity index (χ0) is 10.0. The van der Waals surface area contributed by atoms with Gasteiger partial charge in [0.05, 0.1) is 0 Å². The van der Waals surface area contributed by atoms with Gasteiger partial charge in [0.15, 0.2) is 0 Å². The minimum Gasteiger partial charge on any atom is -0.480 e. The van der Waals surface area contributed by atoms with E-state index in [9.17, 15) is 9.00 Å². The summed E-state index contributed by atoms with van der Waals surface area (Å²) in [5.74, 6) is -0.336. The van der Waals surface area contributed by atoms with Crippen molar-refractivity contribution in [1.82, 2.24) is 5.32 Å². The SMILES string of the molecule is CC(C)C1CNC(C(=O)O)CS1=O. The summed E-state index contributed by atoms with van der Waals surface area (Å²) in [6, 6.07) is -0.629. The van der Waals surface area contributed by atoms with E-state index in [-0.39, 0.29) is 11.0 Å². The highest BCUT2D eigenvalue weighted by molar-refractivity contribution is 7.85. The summed E-state index contributed by atoms with van der Waals surface area (Å²) in [6.45, 7) is 4.55. The number of nitrogens with one attached hydrogen (secondary N) is 1. The van der Waals surface area contributed by atoms with Crippen LogP contribution >= 0.6 is 0 Å². The monoisotopic (exact) mass is 205 g/mol. The van der Waals surface area contributed by atoms with Gasteiger partial charge in [-0.25, -0.2) is 0 Å². The quantitative estimate of drug-likeness (QED) is 0.656. The van der Waals surface area contributed by atoms with Gasteiger partial charge >= 0.3 is 5.97 Å². The average molecular weight is 205 g/mol. The summed E-state index contributed by atoms with van der Waals surface area (Å²) in [5, 5.41) is 11.7. The third-order valence-corrected chi connectivity index (χ3v) is 4.32. The summed E-state index contributed by atoms with van der Waals surface area (Å²) in [4.78, 5) is 10.6. The maximum absolute atomic E-state index is 11.6. The highest BCUT2D eigenvalue weighted by Crippen LogP contribution is 2.14. The van der Waals surface area contributed by atoms with Crippen molar-refractivity contribution in [2.75, 3.05) is 12.3 Å². The third-order valence-electron chi connectivity index (χ3n) is 2.28. The van der Waals surface area contributed by atoms with Crippen LogP contribution in [0.25, 0.3) is 0 Å². The van der Waals surface area contributed by atoms with Crippen molar-refractivity contribution in [3.63, 3.8) is 0 Å². The Kier molecular flexibility index (Phi) is 3.44. The van der Waals surface area contributed by atoms with Crippen LogP contribution in [0.3, 0.4) is 0 Å². The van der Waals surface area contributed by atoms with E-state index in [0.29, 0.717) is 12.5 Å². The molecule has 0 aliphatic carbocycles. The Bertz CT molecular complexity index is 229. The molecule has 0 bridgehead atoms. The van der Waals surface area contributed by atoms with E-state index in [1.807, 2.05) is 13.8 Å². The molecule has 1 fully saturated rings. The summed E-state index contributed by atoms with van der Waals surface area (Å²) in [7, 11) is -1.00. The second-order valence-corrected chi connectivity index (χ2v) is 5.33. The zero-order valence-electron chi connectivity index (χ0n) is 7.82. The first-order chi connectivity index (χ1) is 6.02. The Labute approximate surface area is 80.2 Å². The molecule has 1 aliphatic heterocycles.